The lowest BCUT2D eigenvalue weighted by atomic mass is 10.2. The summed E-state index contributed by atoms with van der Waals surface area (Å²) in [5.41, 5.74) is 3.60. The van der Waals surface area contributed by atoms with Crippen molar-refractivity contribution in [3.05, 3.63) is 65.9 Å². The van der Waals surface area contributed by atoms with Gasteiger partial charge in [0.1, 0.15) is 22.0 Å². The summed E-state index contributed by atoms with van der Waals surface area (Å²) in [5.74, 6) is 1.21. The Morgan fingerprint density at radius 1 is 1.11 bits per heavy atom. The van der Waals surface area contributed by atoms with Crippen molar-refractivity contribution >= 4 is 56.0 Å². The molecule has 0 aliphatic carbocycles. The highest BCUT2D eigenvalue weighted by molar-refractivity contribution is 7.21. The number of nitrogens with zero attached hydrogens (tertiary/aromatic N) is 5. The van der Waals surface area contributed by atoms with Crippen LogP contribution in [0.4, 0.5) is 22.5 Å². The Morgan fingerprint density at radius 3 is 2.69 bits per heavy atom. The van der Waals surface area contributed by atoms with Crippen molar-refractivity contribution in [3.63, 3.8) is 0 Å². The zero-order valence-electron chi connectivity index (χ0n) is 20.4. The number of amides is 2. The average molecular weight is 502 g/mol. The van der Waals surface area contributed by atoms with E-state index in [1.807, 2.05) is 24.1 Å². The number of aromatic nitrogens is 3. The standard InChI is InChI=1S/C26H27N7O2S/c1-16-4-6-20(7-5-16)32(3)23-9-8-21-24(31-23)36-26(29-21)30-22-14-18(10-12-27-22)25(35)33-13-11-19(15-33)28-17(2)34/h4-10,12,14,19H,11,13,15H2,1-3H3,(H,28,34)(H,27,29,30)/t19-/m1/s1. The maximum absolute atomic E-state index is 13.0. The Labute approximate surface area is 213 Å². The molecular weight excluding hydrogens is 474 g/mol. The minimum Gasteiger partial charge on any atom is -0.352 e. The molecule has 0 radical (unpaired) electrons. The minimum atomic E-state index is -0.0805. The van der Waals surface area contributed by atoms with Crippen LogP contribution in [0, 0.1) is 6.92 Å². The van der Waals surface area contributed by atoms with E-state index in [4.69, 9.17) is 4.98 Å². The van der Waals surface area contributed by atoms with Gasteiger partial charge in [0.2, 0.25) is 5.91 Å². The smallest absolute Gasteiger partial charge is 0.254 e. The van der Waals surface area contributed by atoms with E-state index < -0.39 is 0 Å². The van der Waals surface area contributed by atoms with Crippen LogP contribution in [0.1, 0.15) is 29.3 Å². The van der Waals surface area contributed by atoms with Gasteiger partial charge in [0.15, 0.2) is 5.13 Å². The summed E-state index contributed by atoms with van der Waals surface area (Å²) >= 11 is 1.43. The summed E-state index contributed by atoms with van der Waals surface area (Å²) in [6.07, 6.45) is 2.36. The number of pyridine rings is 2. The van der Waals surface area contributed by atoms with Crippen LogP contribution in [0.3, 0.4) is 0 Å². The Morgan fingerprint density at radius 2 is 1.92 bits per heavy atom. The van der Waals surface area contributed by atoms with Gasteiger partial charge in [0, 0.05) is 50.6 Å². The zero-order valence-corrected chi connectivity index (χ0v) is 21.2. The Balaban J connectivity index is 1.30. The lowest BCUT2D eigenvalue weighted by Crippen LogP contribution is -2.37. The molecule has 2 amide bonds. The molecule has 0 saturated carbocycles. The highest BCUT2D eigenvalue weighted by Gasteiger charge is 2.27. The maximum atomic E-state index is 13.0. The average Bonchev–Trinajstić information content (AvgIpc) is 3.49. The van der Waals surface area contributed by atoms with E-state index in [1.165, 1.54) is 23.8 Å². The number of fused-ring (bicyclic) bond motifs is 1. The highest BCUT2D eigenvalue weighted by Crippen LogP contribution is 2.30. The number of likely N-dealkylation sites (tertiary alicyclic amines) is 1. The van der Waals surface area contributed by atoms with Crippen molar-refractivity contribution in [3.8, 4) is 0 Å². The fourth-order valence-corrected chi connectivity index (χ4v) is 5.06. The van der Waals surface area contributed by atoms with Crippen LogP contribution in [-0.2, 0) is 4.79 Å². The molecule has 5 rings (SSSR count). The third-order valence-electron chi connectivity index (χ3n) is 6.13. The SMILES string of the molecule is CC(=O)N[C@@H]1CCN(C(=O)c2ccnc(Nc3nc4ccc(N(C)c5ccc(C)cc5)nc4s3)c2)C1. The minimum absolute atomic E-state index is 0.00363. The number of aryl methyl sites for hydroxylation is 1. The zero-order chi connectivity index (χ0) is 25.2. The Bertz CT molecular complexity index is 1420. The monoisotopic (exact) mass is 501 g/mol. The first-order chi connectivity index (χ1) is 17.4. The maximum Gasteiger partial charge on any atom is 0.254 e. The number of rotatable bonds is 6. The molecule has 3 aromatic heterocycles. The molecule has 1 saturated heterocycles. The molecule has 0 unspecified atom stereocenters. The summed E-state index contributed by atoms with van der Waals surface area (Å²) in [6.45, 7) is 4.67. The van der Waals surface area contributed by atoms with Crippen LogP contribution in [0.15, 0.2) is 54.7 Å². The molecule has 4 aromatic rings. The van der Waals surface area contributed by atoms with Gasteiger partial charge in [-0.15, -0.1) is 0 Å². The molecule has 0 bridgehead atoms. The van der Waals surface area contributed by atoms with Crippen molar-refractivity contribution in [2.24, 2.45) is 0 Å². The second kappa shape index (κ2) is 9.90. The van der Waals surface area contributed by atoms with Crippen molar-refractivity contribution in [2.75, 3.05) is 30.4 Å². The van der Waals surface area contributed by atoms with Crippen molar-refractivity contribution in [1.82, 2.24) is 25.2 Å². The van der Waals surface area contributed by atoms with E-state index in [1.54, 1.807) is 23.2 Å². The number of carbonyl (C=O) groups is 2. The fraction of sp³-hybridized carbons (Fsp3) is 0.269. The normalized spacial score (nSPS) is 15.2. The lowest BCUT2D eigenvalue weighted by Gasteiger charge is -2.18. The number of thiazole rings is 1. The van der Waals surface area contributed by atoms with E-state index in [-0.39, 0.29) is 17.9 Å². The van der Waals surface area contributed by atoms with Crippen LogP contribution < -0.4 is 15.5 Å². The van der Waals surface area contributed by atoms with Gasteiger partial charge < -0.3 is 20.4 Å². The summed E-state index contributed by atoms with van der Waals surface area (Å²) in [4.78, 5) is 42.7. The summed E-state index contributed by atoms with van der Waals surface area (Å²) < 4.78 is 0. The van der Waals surface area contributed by atoms with Gasteiger partial charge >= 0.3 is 0 Å². The molecule has 1 aliphatic rings. The first-order valence-corrected chi connectivity index (χ1v) is 12.5. The summed E-state index contributed by atoms with van der Waals surface area (Å²) in [7, 11) is 1.99. The number of carbonyl (C=O) groups excluding carboxylic acids is 2. The van der Waals surface area contributed by atoms with Gasteiger partial charge in [-0.1, -0.05) is 29.0 Å². The second-order valence-electron chi connectivity index (χ2n) is 8.90. The summed E-state index contributed by atoms with van der Waals surface area (Å²) in [5, 5.41) is 6.75. The fourth-order valence-electron chi connectivity index (χ4n) is 4.22. The van der Waals surface area contributed by atoms with Crippen LogP contribution in [0.25, 0.3) is 10.3 Å². The van der Waals surface area contributed by atoms with Crippen LogP contribution in [-0.4, -0.2) is 57.8 Å². The van der Waals surface area contributed by atoms with Gasteiger partial charge in [0.05, 0.1) is 0 Å². The number of hydrogen-bond acceptors (Lipinski definition) is 8. The molecule has 4 heterocycles. The number of nitrogens with one attached hydrogen (secondary N) is 2. The second-order valence-corrected chi connectivity index (χ2v) is 9.88. The number of benzene rings is 1. The first kappa shape index (κ1) is 23.7. The van der Waals surface area contributed by atoms with Gasteiger partial charge in [-0.25, -0.2) is 15.0 Å². The van der Waals surface area contributed by atoms with E-state index in [9.17, 15) is 9.59 Å². The molecule has 10 heteroatoms. The molecule has 184 valence electrons. The van der Waals surface area contributed by atoms with Crippen LogP contribution >= 0.6 is 11.3 Å². The number of anilines is 4. The quantitative estimate of drug-likeness (QED) is 0.407. The van der Waals surface area contributed by atoms with Gasteiger partial charge in [-0.05, 0) is 49.7 Å². The molecule has 1 atom stereocenters. The van der Waals surface area contributed by atoms with Crippen molar-refractivity contribution in [1.29, 1.82) is 0 Å². The molecule has 0 spiro atoms. The van der Waals surface area contributed by atoms with E-state index >= 15 is 0 Å². The molecule has 2 N–H and O–H groups in total. The highest BCUT2D eigenvalue weighted by atomic mass is 32.1. The van der Waals surface area contributed by atoms with Crippen LogP contribution in [0.5, 0.6) is 0 Å². The van der Waals surface area contributed by atoms with Crippen molar-refractivity contribution in [2.45, 2.75) is 26.3 Å². The Hall–Kier alpha value is -4.05. The van der Waals surface area contributed by atoms with Gasteiger partial charge in [0.25, 0.3) is 5.91 Å². The first-order valence-electron chi connectivity index (χ1n) is 11.7. The summed E-state index contributed by atoms with van der Waals surface area (Å²) in [6, 6.07) is 15.6. The Kier molecular flexibility index (Phi) is 6.51. The predicted molar refractivity (Wildman–Crippen MR) is 142 cm³/mol. The van der Waals surface area contributed by atoms with Gasteiger partial charge in [-0.3, -0.25) is 9.59 Å². The van der Waals surface area contributed by atoms with E-state index in [0.717, 1.165) is 28.3 Å². The molecule has 1 fully saturated rings. The van der Waals surface area contributed by atoms with Crippen molar-refractivity contribution < 1.29 is 9.59 Å². The lowest BCUT2D eigenvalue weighted by molar-refractivity contribution is -0.119. The van der Waals surface area contributed by atoms with Gasteiger partial charge in [-0.2, -0.15) is 0 Å². The third kappa shape index (κ3) is 5.13. The molecule has 1 aliphatic heterocycles. The molecular formula is C26H27N7O2S. The predicted octanol–water partition coefficient (Wildman–Crippen LogP) is 4.26. The third-order valence-corrected chi connectivity index (χ3v) is 7.01. The van der Waals surface area contributed by atoms with E-state index in [2.05, 4.69) is 51.8 Å². The molecule has 1 aromatic carbocycles. The topological polar surface area (TPSA) is 103 Å². The number of hydrogen-bond donors (Lipinski definition) is 2. The molecule has 9 nitrogen and oxygen atoms in total. The largest absolute Gasteiger partial charge is 0.352 e. The molecule has 36 heavy (non-hydrogen) atoms. The van der Waals surface area contributed by atoms with Crippen LogP contribution in [0.2, 0.25) is 0 Å². The van der Waals surface area contributed by atoms with E-state index in [0.29, 0.717) is 29.6 Å².